The number of sulfonamides is 1. The number of esters is 1. The highest BCUT2D eigenvalue weighted by atomic mass is 32.2. The summed E-state index contributed by atoms with van der Waals surface area (Å²) >= 11 is 0. The smallest absolute Gasteiger partial charge is 0.310 e. The standard InChI is InChI=1S/C21H32N2O7S/c1-6-22(14-15(2)21(25)30-5)20(24)16-9-11-23(12-10-16)31(26,27)17-7-8-18(28-3)19(13-17)29-4/h7-8,13,15-16H,6,9-12,14H2,1-5H3. The van der Waals surface area contributed by atoms with Crippen LogP contribution in [0.4, 0.5) is 0 Å². The number of benzene rings is 1. The van der Waals surface area contributed by atoms with E-state index in [9.17, 15) is 18.0 Å². The molecule has 0 N–H and O–H groups in total. The quantitative estimate of drug-likeness (QED) is 0.522. The topological polar surface area (TPSA) is 102 Å². The molecule has 0 radical (unpaired) electrons. The SMILES string of the molecule is CCN(CC(C)C(=O)OC)C(=O)C1CCN(S(=O)(=O)c2ccc(OC)c(OC)c2)CC1. The van der Waals surface area contributed by atoms with Crippen LogP contribution >= 0.6 is 0 Å². The van der Waals surface area contributed by atoms with Crippen LogP contribution in [0.1, 0.15) is 26.7 Å². The Morgan fingerprint density at radius 3 is 2.26 bits per heavy atom. The van der Waals surface area contributed by atoms with Gasteiger partial charge in [0.05, 0.1) is 32.1 Å². The van der Waals surface area contributed by atoms with Gasteiger partial charge in [-0.05, 0) is 31.9 Å². The third-order valence-electron chi connectivity index (χ3n) is 5.59. The van der Waals surface area contributed by atoms with Crippen LogP contribution < -0.4 is 9.47 Å². The second-order valence-corrected chi connectivity index (χ2v) is 9.43. The first kappa shape index (κ1) is 24.9. The van der Waals surface area contributed by atoms with E-state index in [2.05, 4.69) is 0 Å². The van der Waals surface area contributed by atoms with Gasteiger partial charge in [0, 0.05) is 38.2 Å². The predicted octanol–water partition coefficient (Wildman–Crippen LogP) is 1.76. The van der Waals surface area contributed by atoms with Crippen molar-refractivity contribution in [3.05, 3.63) is 18.2 Å². The first-order valence-electron chi connectivity index (χ1n) is 10.3. The maximum absolute atomic E-state index is 13.1. The van der Waals surface area contributed by atoms with Crippen molar-refractivity contribution in [1.82, 2.24) is 9.21 Å². The molecule has 1 unspecified atom stereocenters. The Kier molecular flexibility index (Phi) is 8.69. The number of hydrogen-bond donors (Lipinski definition) is 0. The zero-order valence-corrected chi connectivity index (χ0v) is 19.6. The lowest BCUT2D eigenvalue weighted by Crippen LogP contribution is -2.45. The van der Waals surface area contributed by atoms with Crippen molar-refractivity contribution < 1.29 is 32.2 Å². The number of piperidine rings is 1. The van der Waals surface area contributed by atoms with Crippen LogP contribution in [-0.2, 0) is 24.3 Å². The Morgan fingerprint density at radius 2 is 1.74 bits per heavy atom. The number of amides is 1. The molecule has 10 heteroatoms. The fraction of sp³-hybridized carbons (Fsp3) is 0.619. The largest absolute Gasteiger partial charge is 0.493 e. The Balaban J connectivity index is 2.05. The molecule has 2 rings (SSSR count). The van der Waals surface area contributed by atoms with E-state index in [1.54, 1.807) is 17.9 Å². The van der Waals surface area contributed by atoms with Gasteiger partial charge in [0.1, 0.15) is 0 Å². The number of carbonyl (C=O) groups is 2. The summed E-state index contributed by atoms with van der Waals surface area (Å²) in [4.78, 5) is 26.4. The molecular formula is C21H32N2O7S. The van der Waals surface area contributed by atoms with Crippen molar-refractivity contribution in [3.63, 3.8) is 0 Å². The number of methoxy groups -OCH3 is 3. The molecule has 1 heterocycles. The molecule has 9 nitrogen and oxygen atoms in total. The number of hydrogen-bond acceptors (Lipinski definition) is 7. The van der Waals surface area contributed by atoms with Crippen LogP contribution in [0.3, 0.4) is 0 Å². The van der Waals surface area contributed by atoms with E-state index < -0.39 is 15.9 Å². The number of ether oxygens (including phenoxy) is 3. The molecule has 1 saturated heterocycles. The molecule has 31 heavy (non-hydrogen) atoms. The zero-order valence-electron chi connectivity index (χ0n) is 18.8. The van der Waals surface area contributed by atoms with Gasteiger partial charge in [-0.3, -0.25) is 9.59 Å². The lowest BCUT2D eigenvalue weighted by molar-refractivity contribution is -0.147. The average Bonchev–Trinajstić information content (AvgIpc) is 2.80. The minimum atomic E-state index is -3.72. The maximum Gasteiger partial charge on any atom is 0.310 e. The highest BCUT2D eigenvalue weighted by Gasteiger charge is 2.34. The molecule has 0 spiro atoms. The normalized spacial score (nSPS) is 16.4. The first-order chi connectivity index (χ1) is 14.7. The summed E-state index contributed by atoms with van der Waals surface area (Å²) < 4.78 is 42.6. The van der Waals surface area contributed by atoms with Gasteiger partial charge in [0.15, 0.2) is 11.5 Å². The maximum atomic E-state index is 13.1. The van der Waals surface area contributed by atoms with Crippen molar-refractivity contribution in [3.8, 4) is 11.5 Å². The van der Waals surface area contributed by atoms with E-state index in [-0.39, 0.29) is 42.3 Å². The fourth-order valence-corrected chi connectivity index (χ4v) is 5.19. The lowest BCUT2D eigenvalue weighted by Gasteiger charge is -2.34. The minimum absolute atomic E-state index is 0.0542. The Hall–Kier alpha value is -2.33. The summed E-state index contributed by atoms with van der Waals surface area (Å²) in [7, 11) is 0.544. The van der Waals surface area contributed by atoms with E-state index in [0.29, 0.717) is 30.9 Å². The van der Waals surface area contributed by atoms with Crippen LogP contribution in [0.25, 0.3) is 0 Å². The first-order valence-corrected chi connectivity index (χ1v) is 11.7. The van der Waals surface area contributed by atoms with E-state index in [4.69, 9.17) is 14.2 Å². The molecule has 0 aliphatic carbocycles. The van der Waals surface area contributed by atoms with Gasteiger partial charge in [-0.2, -0.15) is 4.31 Å². The molecule has 1 aromatic carbocycles. The van der Waals surface area contributed by atoms with Crippen LogP contribution in [-0.4, -0.2) is 77.0 Å². The van der Waals surface area contributed by atoms with Gasteiger partial charge < -0.3 is 19.1 Å². The third kappa shape index (κ3) is 5.68. The monoisotopic (exact) mass is 456 g/mol. The molecule has 0 aromatic heterocycles. The summed E-state index contributed by atoms with van der Waals surface area (Å²) in [6.45, 7) is 4.84. The molecule has 174 valence electrons. The molecule has 0 saturated carbocycles. The minimum Gasteiger partial charge on any atom is -0.493 e. The van der Waals surface area contributed by atoms with Crippen LogP contribution in [0.5, 0.6) is 11.5 Å². The molecule has 1 fully saturated rings. The molecular weight excluding hydrogens is 424 g/mol. The summed E-state index contributed by atoms with van der Waals surface area (Å²) in [5.41, 5.74) is 0. The van der Waals surface area contributed by atoms with Gasteiger partial charge in [-0.25, -0.2) is 8.42 Å². The van der Waals surface area contributed by atoms with E-state index in [1.165, 1.54) is 37.8 Å². The van der Waals surface area contributed by atoms with Crippen LogP contribution in [0.15, 0.2) is 23.1 Å². The number of rotatable bonds is 9. The summed E-state index contributed by atoms with van der Waals surface area (Å²) in [6, 6.07) is 4.49. The fourth-order valence-electron chi connectivity index (χ4n) is 3.71. The summed E-state index contributed by atoms with van der Waals surface area (Å²) in [5, 5.41) is 0. The molecule has 1 aliphatic rings. The van der Waals surface area contributed by atoms with Crippen molar-refractivity contribution in [1.29, 1.82) is 0 Å². The van der Waals surface area contributed by atoms with Crippen molar-refractivity contribution in [2.45, 2.75) is 31.6 Å². The Labute approximate surface area is 184 Å². The second-order valence-electron chi connectivity index (χ2n) is 7.50. The van der Waals surface area contributed by atoms with E-state index in [1.807, 2.05) is 6.92 Å². The number of nitrogens with zero attached hydrogens (tertiary/aromatic N) is 2. The molecule has 1 aromatic rings. The van der Waals surface area contributed by atoms with Gasteiger partial charge in [0.2, 0.25) is 15.9 Å². The van der Waals surface area contributed by atoms with E-state index in [0.717, 1.165) is 0 Å². The van der Waals surface area contributed by atoms with E-state index >= 15 is 0 Å². The lowest BCUT2D eigenvalue weighted by atomic mass is 9.96. The zero-order chi connectivity index (χ0) is 23.2. The molecule has 1 atom stereocenters. The van der Waals surface area contributed by atoms with Crippen molar-refractivity contribution >= 4 is 21.9 Å². The Bertz CT molecular complexity index is 880. The van der Waals surface area contributed by atoms with Crippen LogP contribution in [0.2, 0.25) is 0 Å². The van der Waals surface area contributed by atoms with Gasteiger partial charge in [0.25, 0.3) is 0 Å². The van der Waals surface area contributed by atoms with Crippen molar-refractivity contribution in [2.24, 2.45) is 11.8 Å². The predicted molar refractivity (Wildman–Crippen MR) is 114 cm³/mol. The highest BCUT2D eigenvalue weighted by molar-refractivity contribution is 7.89. The van der Waals surface area contributed by atoms with Crippen LogP contribution in [0, 0.1) is 11.8 Å². The third-order valence-corrected chi connectivity index (χ3v) is 7.48. The van der Waals surface area contributed by atoms with Gasteiger partial charge >= 0.3 is 5.97 Å². The summed E-state index contributed by atoms with van der Waals surface area (Å²) in [5.74, 6) is -0.317. The average molecular weight is 457 g/mol. The molecule has 1 aliphatic heterocycles. The summed E-state index contributed by atoms with van der Waals surface area (Å²) in [6.07, 6.45) is 0.850. The molecule has 1 amide bonds. The Morgan fingerprint density at radius 1 is 1.13 bits per heavy atom. The van der Waals surface area contributed by atoms with Gasteiger partial charge in [-0.1, -0.05) is 6.92 Å². The second kappa shape index (κ2) is 10.8. The molecule has 0 bridgehead atoms. The van der Waals surface area contributed by atoms with Gasteiger partial charge in [-0.15, -0.1) is 0 Å². The number of carbonyl (C=O) groups excluding carboxylic acids is 2. The van der Waals surface area contributed by atoms with Crippen molar-refractivity contribution in [2.75, 3.05) is 47.5 Å². The highest BCUT2D eigenvalue weighted by Crippen LogP contribution is 2.32.